The summed E-state index contributed by atoms with van der Waals surface area (Å²) in [7, 11) is 3.01. The first kappa shape index (κ1) is 16.6. The average molecular weight is 338 g/mol. The van der Waals surface area contributed by atoms with Gasteiger partial charge in [-0.3, -0.25) is 14.6 Å². The van der Waals surface area contributed by atoms with Gasteiger partial charge in [0.2, 0.25) is 5.91 Å². The Bertz CT molecular complexity index is 816. The Balaban J connectivity index is 1.99. The Morgan fingerprint density at radius 3 is 2.65 bits per heavy atom. The number of hydrogen-bond acceptors (Lipinski definition) is 7. The largest absolute Gasteiger partial charge is 0.493 e. The average Bonchev–Trinajstić information content (AvgIpc) is 2.54. The molecule has 9 nitrogen and oxygen atoms in total. The number of nitrogens with one attached hydrogen (secondary N) is 3. The fraction of sp³-hybridized carbons (Fsp3) is 0.231. The number of anilines is 1. The maximum absolute atomic E-state index is 11.9. The molecule has 0 aliphatic carbocycles. The molecule has 0 saturated heterocycles. The number of carbonyl (C=O) groups excluding carboxylic acids is 1. The van der Waals surface area contributed by atoms with Crippen molar-refractivity contribution < 1.29 is 14.3 Å². The topological polar surface area (TPSA) is 126 Å². The van der Waals surface area contributed by atoms with Crippen LogP contribution < -0.4 is 26.0 Å². The van der Waals surface area contributed by atoms with Gasteiger partial charge >= 0.3 is 5.69 Å². The molecule has 122 valence electrons. The number of thioether (sulfide) groups is 1. The molecule has 2 aromatic rings. The first-order chi connectivity index (χ1) is 11.0. The van der Waals surface area contributed by atoms with E-state index in [4.69, 9.17) is 9.47 Å². The van der Waals surface area contributed by atoms with Gasteiger partial charge in [-0.25, -0.2) is 9.89 Å². The number of rotatable bonds is 6. The van der Waals surface area contributed by atoms with Crippen molar-refractivity contribution in [1.82, 2.24) is 15.2 Å². The zero-order valence-corrected chi connectivity index (χ0v) is 13.2. The molecule has 0 unspecified atom stereocenters. The fourth-order valence-electron chi connectivity index (χ4n) is 1.68. The lowest BCUT2D eigenvalue weighted by molar-refractivity contribution is -0.113. The summed E-state index contributed by atoms with van der Waals surface area (Å²) in [4.78, 5) is 36.2. The molecule has 1 amide bonds. The fourth-order valence-corrected chi connectivity index (χ4v) is 2.31. The summed E-state index contributed by atoms with van der Waals surface area (Å²) in [5.41, 5.74) is -0.816. The smallest absolute Gasteiger partial charge is 0.342 e. The number of ether oxygens (including phenoxy) is 2. The molecule has 3 N–H and O–H groups in total. The van der Waals surface area contributed by atoms with Crippen molar-refractivity contribution in [2.45, 2.75) is 5.03 Å². The highest BCUT2D eigenvalue weighted by Crippen LogP contribution is 2.29. The summed E-state index contributed by atoms with van der Waals surface area (Å²) in [6, 6.07) is 4.94. The van der Waals surface area contributed by atoms with Gasteiger partial charge in [-0.05, 0) is 12.1 Å². The van der Waals surface area contributed by atoms with Gasteiger partial charge in [0.1, 0.15) is 0 Å². The second-order valence-corrected chi connectivity index (χ2v) is 5.18. The van der Waals surface area contributed by atoms with E-state index >= 15 is 0 Å². The summed E-state index contributed by atoms with van der Waals surface area (Å²) in [5.74, 6) is 0.645. The Morgan fingerprint density at radius 2 is 2.00 bits per heavy atom. The van der Waals surface area contributed by atoms with E-state index in [0.29, 0.717) is 17.2 Å². The van der Waals surface area contributed by atoms with Gasteiger partial charge in [0, 0.05) is 11.8 Å². The summed E-state index contributed by atoms with van der Waals surface area (Å²) in [6.45, 7) is 0. The minimum atomic E-state index is -0.700. The maximum Gasteiger partial charge on any atom is 0.342 e. The third-order valence-electron chi connectivity index (χ3n) is 2.69. The van der Waals surface area contributed by atoms with Gasteiger partial charge in [-0.15, -0.1) is 0 Å². The lowest BCUT2D eigenvalue weighted by atomic mass is 10.2. The van der Waals surface area contributed by atoms with Gasteiger partial charge in [-0.2, -0.15) is 5.10 Å². The second-order valence-electron chi connectivity index (χ2n) is 4.22. The molecule has 0 atom stereocenters. The van der Waals surface area contributed by atoms with Crippen molar-refractivity contribution in [2.24, 2.45) is 0 Å². The third kappa shape index (κ3) is 4.36. The highest BCUT2D eigenvalue weighted by molar-refractivity contribution is 7.99. The van der Waals surface area contributed by atoms with Crippen molar-refractivity contribution >= 4 is 23.4 Å². The number of amides is 1. The lowest BCUT2D eigenvalue weighted by Gasteiger charge is -2.10. The van der Waals surface area contributed by atoms with Crippen LogP contribution in [0.1, 0.15) is 0 Å². The van der Waals surface area contributed by atoms with Crippen LogP contribution in [0.25, 0.3) is 0 Å². The van der Waals surface area contributed by atoms with E-state index < -0.39 is 11.2 Å². The molecule has 23 heavy (non-hydrogen) atoms. The molecule has 0 saturated carbocycles. The van der Waals surface area contributed by atoms with Crippen molar-refractivity contribution in [3.05, 3.63) is 39.0 Å². The number of H-pyrrole nitrogens is 2. The first-order valence-electron chi connectivity index (χ1n) is 6.37. The normalized spacial score (nSPS) is 10.2. The Morgan fingerprint density at radius 1 is 1.26 bits per heavy atom. The number of methoxy groups -OCH3 is 2. The highest BCUT2D eigenvalue weighted by Gasteiger charge is 2.10. The molecule has 1 heterocycles. The van der Waals surface area contributed by atoms with Crippen LogP contribution in [0.15, 0.2) is 32.8 Å². The SMILES string of the molecule is COc1ccc(NC(=O)CSc2n[nH]c(=O)[nH]c2=O)cc1OC. The summed E-state index contributed by atoms with van der Waals surface area (Å²) in [5, 5.41) is 8.34. The molecule has 1 aromatic heterocycles. The van der Waals surface area contributed by atoms with Gasteiger partial charge in [0.25, 0.3) is 5.56 Å². The van der Waals surface area contributed by atoms with Crippen LogP contribution in [0.5, 0.6) is 11.5 Å². The minimum Gasteiger partial charge on any atom is -0.493 e. The molecule has 0 bridgehead atoms. The molecule has 2 rings (SSSR count). The molecule has 0 aliphatic rings. The van der Waals surface area contributed by atoms with Crippen molar-refractivity contribution in [3.63, 3.8) is 0 Å². The predicted molar refractivity (Wildman–Crippen MR) is 84.4 cm³/mol. The quantitative estimate of drug-likeness (QED) is 0.643. The van der Waals surface area contributed by atoms with Crippen LogP contribution in [0.2, 0.25) is 0 Å². The van der Waals surface area contributed by atoms with Crippen molar-refractivity contribution in [1.29, 1.82) is 0 Å². The molecule has 0 fully saturated rings. The van der Waals surface area contributed by atoms with E-state index in [9.17, 15) is 14.4 Å². The molecule has 0 aliphatic heterocycles. The van der Waals surface area contributed by atoms with Gasteiger partial charge < -0.3 is 14.8 Å². The molecule has 0 radical (unpaired) electrons. The van der Waals surface area contributed by atoms with E-state index in [2.05, 4.69) is 15.5 Å². The number of nitrogens with zero attached hydrogens (tertiary/aromatic N) is 1. The van der Waals surface area contributed by atoms with E-state index in [0.717, 1.165) is 11.8 Å². The maximum atomic E-state index is 11.9. The first-order valence-corrected chi connectivity index (χ1v) is 7.35. The Hall–Kier alpha value is -2.75. The Kier molecular flexibility index (Phi) is 5.41. The van der Waals surface area contributed by atoms with E-state index in [1.807, 2.05) is 4.98 Å². The van der Waals surface area contributed by atoms with Gasteiger partial charge in [0.15, 0.2) is 16.5 Å². The summed E-state index contributed by atoms with van der Waals surface area (Å²) in [6.07, 6.45) is 0. The molecule has 10 heteroatoms. The zero-order valence-electron chi connectivity index (χ0n) is 12.3. The number of carbonyl (C=O) groups is 1. The molecule has 0 spiro atoms. The molecule has 1 aromatic carbocycles. The van der Waals surface area contributed by atoms with Crippen LogP contribution >= 0.6 is 11.8 Å². The Labute approximate surface area is 134 Å². The predicted octanol–water partition coefficient (Wildman–Crippen LogP) is 0.206. The number of aromatic amines is 2. The van der Waals surface area contributed by atoms with E-state index in [1.165, 1.54) is 14.2 Å². The second kappa shape index (κ2) is 7.49. The van der Waals surface area contributed by atoms with Gasteiger partial charge in [-0.1, -0.05) is 11.8 Å². The van der Waals surface area contributed by atoms with Crippen LogP contribution in [0.4, 0.5) is 5.69 Å². The van der Waals surface area contributed by atoms with E-state index in [-0.39, 0.29) is 16.7 Å². The zero-order chi connectivity index (χ0) is 16.8. The van der Waals surface area contributed by atoms with Gasteiger partial charge in [0.05, 0.1) is 20.0 Å². The standard InChI is InChI=1S/C13H14N4O5S/c1-21-8-4-3-7(5-9(8)22-2)14-10(18)6-23-12-11(19)15-13(20)17-16-12/h3-5H,6H2,1-2H3,(H,14,18)(H2,15,17,19,20). The number of hydrogen-bond donors (Lipinski definition) is 3. The monoisotopic (exact) mass is 338 g/mol. The van der Waals surface area contributed by atoms with Crippen molar-refractivity contribution in [2.75, 3.05) is 25.3 Å². The molecular formula is C13H14N4O5S. The summed E-state index contributed by atoms with van der Waals surface area (Å²) >= 11 is 0.908. The highest BCUT2D eigenvalue weighted by atomic mass is 32.2. The van der Waals surface area contributed by atoms with Crippen LogP contribution in [0.3, 0.4) is 0 Å². The van der Waals surface area contributed by atoms with Crippen LogP contribution in [0, 0.1) is 0 Å². The third-order valence-corrected chi connectivity index (χ3v) is 3.64. The number of benzene rings is 1. The van der Waals surface area contributed by atoms with Crippen LogP contribution in [-0.4, -0.2) is 41.1 Å². The lowest BCUT2D eigenvalue weighted by Crippen LogP contribution is -2.25. The summed E-state index contributed by atoms with van der Waals surface area (Å²) < 4.78 is 10.3. The van der Waals surface area contributed by atoms with E-state index in [1.54, 1.807) is 18.2 Å². The molecular weight excluding hydrogens is 324 g/mol. The minimum absolute atomic E-state index is 0.00654. The van der Waals surface area contributed by atoms with Crippen molar-refractivity contribution in [3.8, 4) is 11.5 Å². The van der Waals surface area contributed by atoms with Crippen LogP contribution in [-0.2, 0) is 4.79 Å². The number of aromatic nitrogens is 3.